The van der Waals surface area contributed by atoms with Crippen LogP contribution in [0.4, 0.5) is 13.2 Å². The Morgan fingerprint density at radius 3 is 2.52 bits per heavy atom. The molecule has 0 aliphatic heterocycles. The van der Waals surface area contributed by atoms with Gasteiger partial charge in [0.2, 0.25) is 5.88 Å². The standard InChI is InChI=1S/C16H16BrF3N2O/c1-23-15-11(8-13(17)14(9-21)22-15)5-2-10-3-6-12(7-4-10)16(18,19)20/h2,5,8,10,12H,3-4,6-7H2,1H3/b5-2+. The molecule has 3 nitrogen and oxygen atoms in total. The van der Waals surface area contributed by atoms with Gasteiger partial charge in [-0.2, -0.15) is 18.4 Å². The third kappa shape index (κ3) is 4.47. The Kier molecular flexibility index (Phi) is 5.69. The van der Waals surface area contributed by atoms with E-state index in [1.807, 2.05) is 12.1 Å². The van der Waals surface area contributed by atoms with Gasteiger partial charge in [0.15, 0.2) is 5.69 Å². The molecule has 1 aromatic heterocycles. The van der Waals surface area contributed by atoms with E-state index < -0.39 is 12.1 Å². The average molecular weight is 389 g/mol. The van der Waals surface area contributed by atoms with Crippen molar-refractivity contribution >= 4 is 22.0 Å². The summed E-state index contributed by atoms with van der Waals surface area (Å²) >= 11 is 3.27. The average Bonchev–Trinajstić information content (AvgIpc) is 2.52. The van der Waals surface area contributed by atoms with Gasteiger partial charge in [-0.15, -0.1) is 0 Å². The van der Waals surface area contributed by atoms with E-state index in [0.29, 0.717) is 28.8 Å². The molecule has 1 aliphatic carbocycles. The van der Waals surface area contributed by atoms with Crippen LogP contribution in [0.5, 0.6) is 5.88 Å². The lowest BCUT2D eigenvalue weighted by Gasteiger charge is -2.28. The van der Waals surface area contributed by atoms with E-state index in [4.69, 9.17) is 10.00 Å². The van der Waals surface area contributed by atoms with Crippen molar-refractivity contribution < 1.29 is 17.9 Å². The van der Waals surface area contributed by atoms with Crippen LogP contribution in [-0.4, -0.2) is 18.3 Å². The normalized spacial score (nSPS) is 22.1. The third-order valence-corrected chi connectivity index (χ3v) is 4.66. The van der Waals surface area contributed by atoms with Crippen LogP contribution in [0, 0.1) is 23.2 Å². The molecule has 0 N–H and O–H groups in total. The smallest absolute Gasteiger partial charge is 0.391 e. The molecule has 0 spiro atoms. The Morgan fingerprint density at radius 2 is 2.00 bits per heavy atom. The number of aromatic nitrogens is 1. The van der Waals surface area contributed by atoms with Crippen LogP contribution in [0.25, 0.3) is 6.08 Å². The summed E-state index contributed by atoms with van der Waals surface area (Å²) in [5, 5.41) is 8.95. The summed E-state index contributed by atoms with van der Waals surface area (Å²) in [5.74, 6) is -0.731. The van der Waals surface area contributed by atoms with Crippen molar-refractivity contribution in [3.8, 4) is 11.9 Å². The summed E-state index contributed by atoms with van der Waals surface area (Å²) in [5.41, 5.74) is 0.918. The fraction of sp³-hybridized carbons (Fsp3) is 0.500. The van der Waals surface area contributed by atoms with Gasteiger partial charge in [-0.3, -0.25) is 0 Å². The molecule has 1 heterocycles. The molecule has 124 valence electrons. The predicted molar refractivity (Wildman–Crippen MR) is 83.7 cm³/mol. The van der Waals surface area contributed by atoms with Crippen LogP contribution in [0.2, 0.25) is 0 Å². The molecular formula is C16H16BrF3N2O. The number of pyridine rings is 1. The van der Waals surface area contributed by atoms with Crippen LogP contribution < -0.4 is 4.74 Å². The number of alkyl halides is 3. The molecule has 0 atom stereocenters. The molecule has 0 saturated heterocycles. The van der Waals surface area contributed by atoms with Gasteiger partial charge in [0.1, 0.15) is 6.07 Å². The number of halogens is 4. The summed E-state index contributed by atoms with van der Waals surface area (Å²) in [6, 6.07) is 3.68. The Morgan fingerprint density at radius 1 is 1.35 bits per heavy atom. The monoisotopic (exact) mass is 388 g/mol. The molecule has 1 aromatic rings. The lowest BCUT2D eigenvalue weighted by molar-refractivity contribution is -0.183. The molecule has 1 aliphatic rings. The van der Waals surface area contributed by atoms with Crippen LogP contribution in [-0.2, 0) is 0 Å². The van der Waals surface area contributed by atoms with Crippen molar-refractivity contribution in [3.05, 3.63) is 27.9 Å². The van der Waals surface area contributed by atoms with E-state index in [1.54, 1.807) is 12.1 Å². The maximum Gasteiger partial charge on any atom is 0.391 e. The van der Waals surface area contributed by atoms with Gasteiger partial charge in [0.25, 0.3) is 0 Å². The highest BCUT2D eigenvalue weighted by molar-refractivity contribution is 9.10. The van der Waals surface area contributed by atoms with Gasteiger partial charge in [-0.25, -0.2) is 4.98 Å². The zero-order chi connectivity index (χ0) is 17.0. The largest absolute Gasteiger partial charge is 0.481 e. The Balaban J connectivity index is 2.07. The van der Waals surface area contributed by atoms with Crippen LogP contribution in [0.3, 0.4) is 0 Å². The van der Waals surface area contributed by atoms with Crippen LogP contribution in [0.15, 0.2) is 16.6 Å². The molecule has 23 heavy (non-hydrogen) atoms. The lowest BCUT2D eigenvalue weighted by atomic mass is 9.81. The number of methoxy groups -OCH3 is 1. The zero-order valence-corrected chi connectivity index (χ0v) is 14.1. The van der Waals surface area contributed by atoms with Crippen molar-refractivity contribution in [3.63, 3.8) is 0 Å². The van der Waals surface area contributed by atoms with Crippen molar-refractivity contribution in [1.82, 2.24) is 4.98 Å². The van der Waals surface area contributed by atoms with Crippen LogP contribution >= 0.6 is 15.9 Å². The SMILES string of the molecule is COc1nc(C#N)c(Br)cc1/C=C/C1CCC(C(F)(F)F)CC1. The molecule has 0 aromatic carbocycles. The number of nitriles is 1. The number of hydrogen-bond acceptors (Lipinski definition) is 3. The van der Waals surface area contributed by atoms with Gasteiger partial charge in [-0.1, -0.05) is 12.2 Å². The fourth-order valence-electron chi connectivity index (χ4n) is 2.73. The van der Waals surface area contributed by atoms with Gasteiger partial charge in [0.05, 0.1) is 17.5 Å². The topological polar surface area (TPSA) is 45.9 Å². The molecule has 0 radical (unpaired) electrons. The molecular weight excluding hydrogens is 373 g/mol. The van der Waals surface area contributed by atoms with E-state index in [-0.39, 0.29) is 24.5 Å². The highest BCUT2D eigenvalue weighted by Crippen LogP contribution is 2.40. The number of rotatable bonds is 3. The molecule has 7 heteroatoms. The summed E-state index contributed by atoms with van der Waals surface area (Å²) in [4.78, 5) is 4.09. The minimum absolute atomic E-state index is 0.118. The minimum atomic E-state index is -4.08. The van der Waals surface area contributed by atoms with E-state index >= 15 is 0 Å². The van der Waals surface area contributed by atoms with Crippen molar-refractivity contribution in [2.24, 2.45) is 11.8 Å². The summed E-state index contributed by atoms with van der Waals surface area (Å²) in [7, 11) is 1.46. The maximum absolute atomic E-state index is 12.7. The quantitative estimate of drug-likeness (QED) is 0.722. The van der Waals surface area contributed by atoms with E-state index in [1.165, 1.54) is 7.11 Å². The number of nitrogens with zero attached hydrogens (tertiary/aromatic N) is 2. The Hall–Kier alpha value is -1.55. The summed E-state index contributed by atoms with van der Waals surface area (Å²) in [6.45, 7) is 0. The molecule has 2 rings (SSSR count). The number of ether oxygens (including phenoxy) is 1. The summed E-state index contributed by atoms with van der Waals surface area (Å²) in [6.07, 6.45) is 1.01. The highest BCUT2D eigenvalue weighted by Gasteiger charge is 2.40. The Labute approximate surface area is 141 Å². The van der Waals surface area contributed by atoms with E-state index in [9.17, 15) is 13.2 Å². The second-order valence-electron chi connectivity index (χ2n) is 5.54. The number of hydrogen-bond donors (Lipinski definition) is 0. The van der Waals surface area contributed by atoms with Gasteiger partial charge in [0, 0.05) is 5.56 Å². The first-order chi connectivity index (χ1) is 10.8. The van der Waals surface area contributed by atoms with Gasteiger partial charge < -0.3 is 4.74 Å². The van der Waals surface area contributed by atoms with Crippen molar-refractivity contribution in [2.45, 2.75) is 31.9 Å². The summed E-state index contributed by atoms with van der Waals surface area (Å²) < 4.78 is 43.7. The van der Waals surface area contributed by atoms with E-state index in [2.05, 4.69) is 20.9 Å². The first-order valence-electron chi connectivity index (χ1n) is 7.24. The fourth-order valence-corrected chi connectivity index (χ4v) is 3.15. The first kappa shape index (κ1) is 17.8. The molecule has 1 fully saturated rings. The molecule has 0 amide bonds. The van der Waals surface area contributed by atoms with Gasteiger partial charge >= 0.3 is 6.18 Å². The third-order valence-electron chi connectivity index (χ3n) is 4.05. The second-order valence-corrected chi connectivity index (χ2v) is 6.40. The highest BCUT2D eigenvalue weighted by atomic mass is 79.9. The molecule has 0 unspecified atom stereocenters. The zero-order valence-electron chi connectivity index (χ0n) is 12.5. The van der Waals surface area contributed by atoms with E-state index in [0.717, 1.165) is 0 Å². The van der Waals surface area contributed by atoms with Crippen LogP contribution in [0.1, 0.15) is 36.9 Å². The van der Waals surface area contributed by atoms with Crippen molar-refractivity contribution in [2.75, 3.05) is 7.11 Å². The Bertz CT molecular complexity index is 629. The lowest BCUT2D eigenvalue weighted by Crippen LogP contribution is -2.27. The van der Waals surface area contributed by atoms with Crippen molar-refractivity contribution in [1.29, 1.82) is 5.26 Å². The first-order valence-corrected chi connectivity index (χ1v) is 8.04. The molecule has 1 saturated carbocycles. The minimum Gasteiger partial charge on any atom is -0.481 e. The molecule has 0 bridgehead atoms. The predicted octanol–water partition coefficient (Wildman–Crippen LogP) is 5.11. The second kappa shape index (κ2) is 7.35. The maximum atomic E-state index is 12.7. The van der Waals surface area contributed by atoms with Gasteiger partial charge in [-0.05, 0) is 53.6 Å². The number of allylic oxidation sites excluding steroid dienone is 1.